The van der Waals surface area contributed by atoms with E-state index in [0.717, 1.165) is 68.5 Å². The number of carbonyl (C=O) groups excluding carboxylic acids is 2. The third-order valence-electron chi connectivity index (χ3n) is 9.51. The van der Waals surface area contributed by atoms with E-state index in [9.17, 15) is 9.59 Å². The molecule has 0 bridgehead atoms. The maximum atomic E-state index is 11.4. The van der Waals surface area contributed by atoms with Crippen LogP contribution in [0.2, 0.25) is 0 Å². The maximum absolute atomic E-state index is 11.4. The molecule has 0 amide bonds. The molecule has 0 saturated carbocycles. The molecule has 294 valence electrons. The average Bonchev–Trinajstić information content (AvgIpc) is 3.24. The molecule has 0 spiro atoms. The van der Waals surface area contributed by atoms with Crippen molar-refractivity contribution in [3.63, 3.8) is 0 Å². The zero-order chi connectivity index (χ0) is 41.0. The minimum absolute atomic E-state index is 0.144. The van der Waals surface area contributed by atoms with Crippen LogP contribution in [-0.2, 0) is 19.1 Å². The number of benzene rings is 6. The first kappa shape index (κ1) is 40.6. The van der Waals surface area contributed by atoms with Crippen LogP contribution >= 0.6 is 0 Å². The van der Waals surface area contributed by atoms with E-state index in [4.69, 9.17) is 18.9 Å². The number of hydrogen-bond donors (Lipinski definition) is 0. The van der Waals surface area contributed by atoms with Crippen LogP contribution in [0.1, 0.15) is 22.3 Å². The molecule has 0 unspecified atom stereocenters. The molecule has 0 aliphatic carbocycles. The van der Waals surface area contributed by atoms with Gasteiger partial charge in [-0.05, 0) is 147 Å². The predicted octanol–water partition coefficient (Wildman–Crippen LogP) is 11.7. The molecule has 0 radical (unpaired) electrons. The molecule has 0 saturated heterocycles. The third kappa shape index (κ3) is 10.2. The van der Waals surface area contributed by atoms with Gasteiger partial charge in [0.2, 0.25) is 0 Å². The third-order valence-corrected chi connectivity index (χ3v) is 9.51. The Morgan fingerprint density at radius 2 is 0.793 bits per heavy atom. The van der Waals surface area contributed by atoms with E-state index in [2.05, 4.69) is 136 Å². The predicted molar refractivity (Wildman–Crippen MR) is 233 cm³/mol. The second kappa shape index (κ2) is 19.2. The van der Waals surface area contributed by atoms with Gasteiger partial charge in [-0.1, -0.05) is 60.7 Å². The summed E-state index contributed by atoms with van der Waals surface area (Å²) in [5, 5.41) is 0. The molecule has 8 heteroatoms. The molecule has 0 atom stereocenters. The van der Waals surface area contributed by atoms with Gasteiger partial charge in [-0.25, -0.2) is 9.59 Å². The van der Waals surface area contributed by atoms with Crippen molar-refractivity contribution in [1.29, 1.82) is 0 Å². The normalized spacial score (nSPS) is 10.6. The fourth-order valence-corrected chi connectivity index (χ4v) is 6.52. The largest absolute Gasteiger partial charge is 0.490 e. The molecule has 58 heavy (non-hydrogen) atoms. The van der Waals surface area contributed by atoms with Crippen molar-refractivity contribution in [3.05, 3.63) is 181 Å². The second-order valence-corrected chi connectivity index (χ2v) is 13.8. The highest BCUT2D eigenvalue weighted by Gasteiger charge is 2.18. The van der Waals surface area contributed by atoms with Gasteiger partial charge in [0, 0.05) is 46.3 Å². The van der Waals surface area contributed by atoms with E-state index in [1.165, 1.54) is 11.1 Å². The lowest BCUT2D eigenvalue weighted by atomic mass is 9.98. The van der Waals surface area contributed by atoms with Crippen molar-refractivity contribution in [2.75, 3.05) is 36.2 Å². The lowest BCUT2D eigenvalue weighted by molar-refractivity contribution is -0.139. The summed E-state index contributed by atoms with van der Waals surface area (Å²) in [6.07, 6.45) is 2.27. The topological polar surface area (TPSA) is 77.5 Å². The van der Waals surface area contributed by atoms with Crippen LogP contribution in [0.15, 0.2) is 159 Å². The summed E-state index contributed by atoms with van der Waals surface area (Å²) in [7, 11) is 0. The number of rotatable bonds is 17. The van der Waals surface area contributed by atoms with Crippen molar-refractivity contribution in [2.45, 2.75) is 27.7 Å². The fraction of sp³-hybridized carbons (Fsp3) is 0.160. The molecule has 6 aromatic rings. The van der Waals surface area contributed by atoms with Gasteiger partial charge in [0.25, 0.3) is 0 Å². The molecular weight excluding hydrogens is 725 g/mol. The van der Waals surface area contributed by atoms with Crippen molar-refractivity contribution < 1.29 is 28.5 Å². The summed E-state index contributed by atoms with van der Waals surface area (Å²) < 4.78 is 21.7. The van der Waals surface area contributed by atoms with Crippen molar-refractivity contribution in [1.82, 2.24) is 0 Å². The minimum atomic E-state index is -0.472. The van der Waals surface area contributed by atoms with E-state index in [1.54, 1.807) is 0 Å². The van der Waals surface area contributed by atoms with Gasteiger partial charge < -0.3 is 28.7 Å². The Bertz CT molecular complexity index is 2180. The first-order chi connectivity index (χ1) is 28.1. The Morgan fingerprint density at radius 3 is 1.10 bits per heavy atom. The highest BCUT2D eigenvalue weighted by molar-refractivity contribution is 5.84. The number of aryl methyl sites for hydroxylation is 4. The second-order valence-electron chi connectivity index (χ2n) is 13.8. The molecule has 0 N–H and O–H groups in total. The van der Waals surface area contributed by atoms with E-state index < -0.39 is 11.9 Å². The Balaban J connectivity index is 1.26. The van der Waals surface area contributed by atoms with Crippen LogP contribution in [0.5, 0.6) is 11.5 Å². The summed E-state index contributed by atoms with van der Waals surface area (Å²) >= 11 is 0. The fourth-order valence-electron chi connectivity index (χ4n) is 6.52. The number of ether oxygens (including phenoxy) is 4. The summed E-state index contributed by atoms with van der Waals surface area (Å²) in [5.41, 5.74) is 13.0. The summed E-state index contributed by atoms with van der Waals surface area (Å²) in [4.78, 5) is 27.2. The van der Waals surface area contributed by atoms with Crippen LogP contribution in [0, 0.1) is 27.7 Å². The number of anilines is 6. The molecule has 6 aromatic carbocycles. The number of esters is 2. The van der Waals surface area contributed by atoms with Crippen LogP contribution in [0.3, 0.4) is 0 Å². The molecule has 6 rings (SSSR count). The monoisotopic (exact) mass is 772 g/mol. The van der Waals surface area contributed by atoms with Crippen LogP contribution < -0.4 is 19.3 Å². The Hall–Kier alpha value is -7.06. The standard InChI is InChI=1S/C50H48N2O6/c1-7-49(53)57-31-29-55-45-23-19-43(20-24-45)51(41-15-9-35(3)10-16-41)47-27-13-39(33-37(47)5)40-14-28-48(38(6)34-40)52(42-17-11-36(4)12-18-42)44-21-25-46(26-22-44)56-30-32-58-50(54)8-2/h7-28,33-34H,1-2,29-32H2,3-6H3. The summed E-state index contributed by atoms with van der Waals surface area (Å²) in [6, 6.07) is 46.0. The van der Waals surface area contributed by atoms with Gasteiger partial charge in [0.05, 0.1) is 0 Å². The zero-order valence-corrected chi connectivity index (χ0v) is 33.4. The Kier molecular flexibility index (Phi) is 13.4. The number of carbonyl (C=O) groups is 2. The van der Waals surface area contributed by atoms with Crippen LogP contribution in [-0.4, -0.2) is 38.4 Å². The average molecular weight is 773 g/mol. The van der Waals surface area contributed by atoms with Crippen molar-refractivity contribution in [2.24, 2.45) is 0 Å². The quantitative estimate of drug-likeness (QED) is 0.0515. The van der Waals surface area contributed by atoms with Crippen molar-refractivity contribution in [3.8, 4) is 22.6 Å². The van der Waals surface area contributed by atoms with E-state index in [1.807, 2.05) is 48.5 Å². The van der Waals surface area contributed by atoms with E-state index in [0.29, 0.717) is 11.5 Å². The molecular formula is C50H48N2O6. The maximum Gasteiger partial charge on any atom is 0.330 e. The molecule has 0 fully saturated rings. The van der Waals surface area contributed by atoms with Gasteiger partial charge in [0.15, 0.2) is 0 Å². The zero-order valence-electron chi connectivity index (χ0n) is 33.4. The van der Waals surface area contributed by atoms with Gasteiger partial charge in [-0.3, -0.25) is 0 Å². The van der Waals surface area contributed by atoms with Crippen LogP contribution in [0.4, 0.5) is 34.1 Å². The smallest absolute Gasteiger partial charge is 0.330 e. The number of hydrogen-bond acceptors (Lipinski definition) is 8. The summed E-state index contributed by atoms with van der Waals surface area (Å²) in [5.74, 6) is 0.419. The highest BCUT2D eigenvalue weighted by atomic mass is 16.6. The Morgan fingerprint density at radius 1 is 0.466 bits per heavy atom. The lowest BCUT2D eigenvalue weighted by Crippen LogP contribution is -2.12. The van der Waals surface area contributed by atoms with E-state index in [-0.39, 0.29) is 26.4 Å². The van der Waals surface area contributed by atoms with Gasteiger partial charge in [0.1, 0.15) is 37.9 Å². The molecule has 0 heterocycles. The molecule has 0 aromatic heterocycles. The van der Waals surface area contributed by atoms with Gasteiger partial charge in [-0.2, -0.15) is 0 Å². The first-order valence-electron chi connectivity index (χ1n) is 19.1. The van der Waals surface area contributed by atoms with Crippen LogP contribution in [0.25, 0.3) is 11.1 Å². The van der Waals surface area contributed by atoms with Gasteiger partial charge in [-0.15, -0.1) is 0 Å². The SMILES string of the molecule is C=CC(=O)OCCOc1ccc(N(c2ccc(C)cc2)c2ccc(-c3ccc(N(c4ccc(C)cc4)c4ccc(OCCOC(=O)C=C)cc4)c(C)c3)cc2C)cc1. The number of nitrogens with zero attached hydrogens (tertiary/aromatic N) is 2. The first-order valence-corrected chi connectivity index (χ1v) is 19.1. The van der Waals surface area contributed by atoms with E-state index >= 15 is 0 Å². The Labute approximate surface area is 341 Å². The molecule has 0 aliphatic heterocycles. The minimum Gasteiger partial charge on any atom is -0.490 e. The van der Waals surface area contributed by atoms with Crippen molar-refractivity contribution >= 4 is 46.1 Å². The molecule has 0 aliphatic rings. The van der Waals surface area contributed by atoms with Gasteiger partial charge >= 0.3 is 11.9 Å². The highest BCUT2D eigenvalue weighted by Crippen LogP contribution is 2.41. The summed E-state index contributed by atoms with van der Waals surface area (Å²) in [6.45, 7) is 16.1. The lowest BCUT2D eigenvalue weighted by Gasteiger charge is -2.28. The molecule has 8 nitrogen and oxygen atoms in total.